The summed E-state index contributed by atoms with van der Waals surface area (Å²) in [6.45, 7) is 4.11. The van der Waals surface area contributed by atoms with E-state index < -0.39 is 0 Å². The summed E-state index contributed by atoms with van der Waals surface area (Å²) in [5.74, 6) is 1.16. The number of carbonyl (C=O) groups excluding carboxylic acids is 1. The van der Waals surface area contributed by atoms with Gasteiger partial charge in [-0.25, -0.2) is 5.43 Å². The van der Waals surface area contributed by atoms with E-state index >= 15 is 0 Å². The average Bonchev–Trinajstić information content (AvgIpc) is 2.49. The number of hydrogen-bond acceptors (Lipinski definition) is 3. The Balaban J connectivity index is 1.73. The van der Waals surface area contributed by atoms with Crippen LogP contribution >= 0.6 is 11.8 Å². The molecule has 1 N–H and O–H groups in total. The van der Waals surface area contributed by atoms with Crippen LogP contribution < -0.4 is 5.43 Å². The molecule has 2 rings (SSSR count). The van der Waals surface area contributed by atoms with Gasteiger partial charge in [-0.1, -0.05) is 54.1 Å². The first-order valence-corrected chi connectivity index (χ1v) is 8.31. The normalized spacial score (nSPS) is 10.8. The molecule has 0 heterocycles. The van der Waals surface area contributed by atoms with Gasteiger partial charge in [0.25, 0.3) is 0 Å². The van der Waals surface area contributed by atoms with E-state index in [1.54, 1.807) is 18.0 Å². The molecule has 2 aromatic rings. The van der Waals surface area contributed by atoms with Crippen LogP contribution in [0.5, 0.6) is 0 Å². The van der Waals surface area contributed by atoms with Crippen LogP contribution in [0, 0.1) is 13.8 Å². The largest absolute Gasteiger partial charge is 0.272 e. The van der Waals surface area contributed by atoms with Crippen molar-refractivity contribution in [3.8, 4) is 0 Å². The lowest BCUT2D eigenvalue weighted by molar-refractivity contribution is -0.118. The van der Waals surface area contributed by atoms with Gasteiger partial charge in [-0.05, 0) is 30.5 Å². The van der Waals surface area contributed by atoms with Crippen molar-refractivity contribution in [1.29, 1.82) is 0 Å². The Morgan fingerprint density at radius 3 is 2.77 bits per heavy atom. The van der Waals surface area contributed by atoms with E-state index in [2.05, 4.69) is 29.6 Å². The monoisotopic (exact) mass is 312 g/mol. The number of hydrazone groups is 1. The third-order valence-corrected chi connectivity index (χ3v) is 4.18. The summed E-state index contributed by atoms with van der Waals surface area (Å²) in [7, 11) is 0. The van der Waals surface area contributed by atoms with Crippen LogP contribution in [0.3, 0.4) is 0 Å². The van der Waals surface area contributed by atoms with Crippen LogP contribution in [0.2, 0.25) is 0 Å². The molecular weight excluding hydrogens is 292 g/mol. The van der Waals surface area contributed by atoms with Crippen LogP contribution in [0.1, 0.15) is 22.3 Å². The molecule has 0 aliphatic carbocycles. The minimum Gasteiger partial charge on any atom is -0.272 e. The first-order chi connectivity index (χ1) is 10.6. The average molecular weight is 312 g/mol. The summed E-state index contributed by atoms with van der Waals surface area (Å²) >= 11 is 1.59. The molecular formula is C18H20N2OS. The van der Waals surface area contributed by atoms with Crippen molar-refractivity contribution in [2.24, 2.45) is 5.10 Å². The highest BCUT2D eigenvalue weighted by Crippen LogP contribution is 2.15. The summed E-state index contributed by atoms with van der Waals surface area (Å²) in [4.78, 5) is 11.7. The molecule has 0 aliphatic rings. The van der Waals surface area contributed by atoms with E-state index in [4.69, 9.17) is 0 Å². The van der Waals surface area contributed by atoms with Crippen molar-refractivity contribution in [1.82, 2.24) is 5.43 Å². The molecule has 2 aromatic carbocycles. The number of nitrogens with zero attached hydrogens (tertiary/aromatic N) is 1. The van der Waals surface area contributed by atoms with E-state index in [9.17, 15) is 4.79 Å². The molecule has 1 amide bonds. The standard InChI is InChI=1S/C18H20N2OS/c1-14-6-5-8-16(10-14)11-19-20-18(21)13-22-12-17-9-4-3-7-15(17)2/h3-11H,12-13H2,1-2H3,(H,20,21)/b19-11-. The number of hydrogen-bond donors (Lipinski definition) is 1. The van der Waals surface area contributed by atoms with Gasteiger partial charge in [0.1, 0.15) is 0 Å². The number of nitrogens with one attached hydrogen (secondary N) is 1. The number of aryl methyl sites for hydroxylation is 2. The third kappa shape index (κ3) is 5.37. The summed E-state index contributed by atoms with van der Waals surface area (Å²) < 4.78 is 0. The van der Waals surface area contributed by atoms with Crippen LogP contribution in [0.4, 0.5) is 0 Å². The highest BCUT2D eigenvalue weighted by Gasteiger charge is 2.02. The molecule has 0 aromatic heterocycles. The Hall–Kier alpha value is -2.07. The molecule has 114 valence electrons. The Morgan fingerprint density at radius 2 is 2.00 bits per heavy atom. The Labute approximate surface area is 135 Å². The second-order valence-electron chi connectivity index (χ2n) is 5.13. The van der Waals surface area contributed by atoms with E-state index in [0.717, 1.165) is 11.3 Å². The Morgan fingerprint density at radius 1 is 1.18 bits per heavy atom. The zero-order valence-corrected chi connectivity index (χ0v) is 13.7. The summed E-state index contributed by atoms with van der Waals surface area (Å²) in [5.41, 5.74) is 7.24. The number of benzene rings is 2. The van der Waals surface area contributed by atoms with E-state index in [0.29, 0.717) is 5.75 Å². The van der Waals surface area contributed by atoms with Crippen LogP contribution in [-0.2, 0) is 10.5 Å². The smallest absolute Gasteiger partial charge is 0.250 e. The molecule has 0 unspecified atom stereocenters. The second-order valence-corrected chi connectivity index (χ2v) is 6.11. The maximum atomic E-state index is 11.7. The first-order valence-electron chi connectivity index (χ1n) is 7.16. The van der Waals surface area contributed by atoms with E-state index in [1.165, 1.54) is 16.7 Å². The molecule has 4 heteroatoms. The van der Waals surface area contributed by atoms with Gasteiger partial charge in [-0.3, -0.25) is 4.79 Å². The van der Waals surface area contributed by atoms with Gasteiger partial charge < -0.3 is 0 Å². The van der Waals surface area contributed by atoms with E-state index in [-0.39, 0.29) is 5.91 Å². The van der Waals surface area contributed by atoms with Crippen molar-refractivity contribution in [3.63, 3.8) is 0 Å². The fourth-order valence-electron chi connectivity index (χ4n) is 1.99. The van der Waals surface area contributed by atoms with Gasteiger partial charge in [0.05, 0.1) is 12.0 Å². The molecule has 0 radical (unpaired) electrons. The minimum absolute atomic E-state index is 0.0810. The molecule has 0 fully saturated rings. The van der Waals surface area contributed by atoms with Gasteiger partial charge >= 0.3 is 0 Å². The third-order valence-electron chi connectivity index (χ3n) is 3.20. The summed E-state index contributed by atoms with van der Waals surface area (Å²) in [6.07, 6.45) is 1.66. The molecule has 0 atom stereocenters. The van der Waals surface area contributed by atoms with Crippen molar-refractivity contribution >= 4 is 23.9 Å². The lowest BCUT2D eigenvalue weighted by Gasteiger charge is -2.04. The number of thioether (sulfide) groups is 1. The highest BCUT2D eigenvalue weighted by atomic mass is 32.2. The molecule has 0 saturated carbocycles. The predicted molar refractivity (Wildman–Crippen MR) is 94.3 cm³/mol. The lowest BCUT2D eigenvalue weighted by atomic mass is 10.1. The maximum absolute atomic E-state index is 11.7. The van der Waals surface area contributed by atoms with Gasteiger partial charge in [0.2, 0.25) is 5.91 Å². The number of carbonyl (C=O) groups is 1. The van der Waals surface area contributed by atoms with Crippen molar-refractivity contribution in [2.45, 2.75) is 19.6 Å². The lowest BCUT2D eigenvalue weighted by Crippen LogP contribution is -2.19. The van der Waals surface area contributed by atoms with Crippen LogP contribution in [0.15, 0.2) is 53.6 Å². The fraction of sp³-hybridized carbons (Fsp3) is 0.222. The summed E-state index contributed by atoms with van der Waals surface area (Å²) in [5, 5.41) is 3.99. The summed E-state index contributed by atoms with van der Waals surface area (Å²) in [6, 6.07) is 16.2. The predicted octanol–water partition coefficient (Wildman–Crippen LogP) is 3.69. The highest BCUT2D eigenvalue weighted by molar-refractivity contribution is 7.99. The molecule has 0 saturated heterocycles. The SMILES string of the molecule is Cc1cccc(/C=N\NC(=O)CSCc2ccccc2C)c1. The van der Waals surface area contributed by atoms with Gasteiger partial charge in [-0.2, -0.15) is 5.10 Å². The van der Waals surface area contributed by atoms with Crippen molar-refractivity contribution in [3.05, 3.63) is 70.8 Å². The number of amides is 1. The van der Waals surface area contributed by atoms with Crippen molar-refractivity contribution < 1.29 is 4.79 Å². The second kappa shape index (κ2) is 8.39. The minimum atomic E-state index is -0.0810. The fourth-order valence-corrected chi connectivity index (χ4v) is 2.88. The zero-order valence-electron chi connectivity index (χ0n) is 12.9. The van der Waals surface area contributed by atoms with Crippen LogP contribution in [-0.4, -0.2) is 17.9 Å². The van der Waals surface area contributed by atoms with Crippen LogP contribution in [0.25, 0.3) is 0 Å². The topological polar surface area (TPSA) is 41.5 Å². The number of rotatable bonds is 6. The van der Waals surface area contributed by atoms with Gasteiger partial charge in [0, 0.05) is 5.75 Å². The van der Waals surface area contributed by atoms with E-state index in [1.807, 2.05) is 43.3 Å². The molecule has 0 bridgehead atoms. The van der Waals surface area contributed by atoms with Gasteiger partial charge in [-0.15, -0.1) is 11.8 Å². The molecule has 22 heavy (non-hydrogen) atoms. The Bertz CT molecular complexity index is 668. The molecule has 3 nitrogen and oxygen atoms in total. The van der Waals surface area contributed by atoms with Crippen molar-refractivity contribution in [2.75, 3.05) is 5.75 Å². The zero-order chi connectivity index (χ0) is 15.8. The maximum Gasteiger partial charge on any atom is 0.250 e. The first kappa shape index (κ1) is 16.3. The quantitative estimate of drug-likeness (QED) is 0.653. The molecule has 0 aliphatic heterocycles. The Kier molecular flexibility index (Phi) is 6.22. The molecule has 0 spiro atoms. The van der Waals surface area contributed by atoms with Gasteiger partial charge in [0.15, 0.2) is 0 Å².